The van der Waals surface area contributed by atoms with Crippen LogP contribution in [0.4, 0.5) is 0 Å². The van der Waals surface area contributed by atoms with Gasteiger partial charge in [0.05, 0.1) is 5.54 Å². The van der Waals surface area contributed by atoms with Gasteiger partial charge in [-0.05, 0) is 12.8 Å². The number of ether oxygens (including phenoxy) is 1. The van der Waals surface area contributed by atoms with E-state index in [1.165, 1.54) is 0 Å². The van der Waals surface area contributed by atoms with Gasteiger partial charge in [-0.15, -0.1) is 11.6 Å². The summed E-state index contributed by atoms with van der Waals surface area (Å²) in [4.78, 5) is 11.2. The summed E-state index contributed by atoms with van der Waals surface area (Å²) in [7, 11) is 0. The van der Waals surface area contributed by atoms with E-state index >= 15 is 0 Å². The summed E-state index contributed by atoms with van der Waals surface area (Å²) in [6, 6.07) is 0. The van der Waals surface area contributed by atoms with Crippen LogP contribution in [0.25, 0.3) is 0 Å². The molecule has 1 aliphatic heterocycles. The van der Waals surface area contributed by atoms with Gasteiger partial charge in [0.15, 0.2) is 0 Å². The molecule has 1 fully saturated rings. The molecular weight excluding hydrogens is 190 g/mol. The van der Waals surface area contributed by atoms with E-state index in [1.54, 1.807) is 0 Å². The predicted octanol–water partition coefficient (Wildman–Crippen LogP) is 1.30. The van der Waals surface area contributed by atoms with Gasteiger partial charge in [0.25, 0.3) is 0 Å². The summed E-state index contributed by atoms with van der Waals surface area (Å²) in [5.74, 6) is 0.546. The third-order valence-electron chi connectivity index (χ3n) is 2.43. The van der Waals surface area contributed by atoms with Crippen LogP contribution in [0.2, 0.25) is 0 Å². The maximum absolute atomic E-state index is 11.2. The van der Waals surface area contributed by atoms with Crippen molar-refractivity contribution in [1.29, 1.82) is 0 Å². The summed E-state index contributed by atoms with van der Waals surface area (Å²) in [5, 5.41) is 2.98. The van der Waals surface area contributed by atoms with Gasteiger partial charge in [0.2, 0.25) is 5.91 Å². The maximum Gasteiger partial charge on any atom is 0.220 e. The molecule has 0 radical (unpaired) electrons. The van der Waals surface area contributed by atoms with Crippen molar-refractivity contribution >= 4 is 17.5 Å². The van der Waals surface area contributed by atoms with Crippen LogP contribution in [0.3, 0.4) is 0 Å². The van der Waals surface area contributed by atoms with Gasteiger partial charge in [-0.3, -0.25) is 4.79 Å². The first-order valence-corrected chi connectivity index (χ1v) is 5.20. The van der Waals surface area contributed by atoms with Crippen molar-refractivity contribution < 1.29 is 9.53 Å². The van der Waals surface area contributed by atoms with Crippen LogP contribution in [0.5, 0.6) is 0 Å². The van der Waals surface area contributed by atoms with E-state index in [9.17, 15) is 4.79 Å². The molecule has 1 amide bonds. The van der Waals surface area contributed by atoms with Crippen molar-refractivity contribution in [1.82, 2.24) is 5.32 Å². The van der Waals surface area contributed by atoms with Crippen molar-refractivity contribution in [3.8, 4) is 0 Å². The summed E-state index contributed by atoms with van der Waals surface area (Å²) < 4.78 is 5.23. The highest BCUT2D eigenvalue weighted by molar-refractivity contribution is 6.18. The summed E-state index contributed by atoms with van der Waals surface area (Å²) in [5.41, 5.74) is -0.215. The van der Waals surface area contributed by atoms with Crippen LogP contribution < -0.4 is 5.32 Å². The normalized spacial score (nSPS) is 21.1. The molecule has 13 heavy (non-hydrogen) atoms. The lowest BCUT2D eigenvalue weighted by Crippen LogP contribution is -2.53. The Morgan fingerprint density at radius 1 is 1.54 bits per heavy atom. The summed E-state index contributed by atoms with van der Waals surface area (Å²) in [6.07, 6.45) is 2.16. The molecule has 0 aromatic rings. The number of carbonyl (C=O) groups excluding carboxylic acids is 1. The molecule has 3 nitrogen and oxygen atoms in total. The van der Waals surface area contributed by atoms with Gasteiger partial charge in [0, 0.05) is 25.5 Å². The predicted molar refractivity (Wildman–Crippen MR) is 51.9 cm³/mol. The quantitative estimate of drug-likeness (QED) is 0.706. The Morgan fingerprint density at radius 2 is 2.15 bits per heavy atom. The van der Waals surface area contributed by atoms with E-state index < -0.39 is 0 Å². The van der Waals surface area contributed by atoms with Gasteiger partial charge < -0.3 is 10.1 Å². The second-order valence-corrected chi connectivity index (χ2v) is 3.70. The van der Waals surface area contributed by atoms with Crippen LogP contribution in [-0.4, -0.2) is 30.5 Å². The molecule has 76 valence electrons. The average Bonchev–Trinajstić information content (AvgIpc) is 2.19. The number of rotatable bonds is 3. The number of amides is 1. The molecule has 0 saturated carbocycles. The Hall–Kier alpha value is -0.280. The fourth-order valence-electron chi connectivity index (χ4n) is 1.44. The minimum Gasteiger partial charge on any atom is -0.381 e. The zero-order chi connectivity index (χ0) is 9.73. The molecular formula is C9H16ClNO2. The van der Waals surface area contributed by atoms with E-state index in [0.717, 1.165) is 12.8 Å². The first kappa shape index (κ1) is 10.8. The summed E-state index contributed by atoms with van der Waals surface area (Å²) >= 11 is 5.87. The van der Waals surface area contributed by atoms with Crippen LogP contribution in [0, 0.1) is 0 Å². The Balaban J connectivity index is 2.52. The number of hydrogen-bond acceptors (Lipinski definition) is 2. The van der Waals surface area contributed by atoms with Crippen LogP contribution in [0.15, 0.2) is 0 Å². The van der Waals surface area contributed by atoms with E-state index in [2.05, 4.69) is 5.32 Å². The highest BCUT2D eigenvalue weighted by Gasteiger charge is 2.32. The lowest BCUT2D eigenvalue weighted by Gasteiger charge is -2.36. The Morgan fingerprint density at radius 3 is 2.62 bits per heavy atom. The number of alkyl halides is 1. The third-order valence-corrected chi connectivity index (χ3v) is 2.94. The molecule has 0 atom stereocenters. The molecule has 0 spiro atoms. The molecule has 1 rings (SSSR count). The Labute approximate surface area is 83.8 Å². The van der Waals surface area contributed by atoms with Gasteiger partial charge >= 0.3 is 0 Å². The fourth-order valence-corrected chi connectivity index (χ4v) is 1.77. The monoisotopic (exact) mass is 205 g/mol. The second-order valence-electron chi connectivity index (χ2n) is 3.43. The third kappa shape index (κ3) is 2.85. The number of hydrogen-bond donors (Lipinski definition) is 1. The Kier molecular flexibility index (Phi) is 4.00. The van der Waals surface area contributed by atoms with E-state index in [0.29, 0.717) is 25.5 Å². The summed E-state index contributed by atoms with van der Waals surface area (Å²) in [6.45, 7) is 3.23. The molecule has 1 N–H and O–H groups in total. The maximum atomic E-state index is 11.2. The molecule has 0 aromatic heterocycles. The molecule has 0 aromatic carbocycles. The van der Waals surface area contributed by atoms with Crippen molar-refractivity contribution in [2.24, 2.45) is 0 Å². The van der Waals surface area contributed by atoms with Crippen LogP contribution >= 0.6 is 11.6 Å². The molecule has 0 unspecified atom stereocenters. The zero-order valence-corrected chi connectivity index (χ0v) is 8.69. The minimum atomic E-state index is -0.215. The molecule has 1 heterocycles. The topological polar surface area (TPSA) is 38.3 Å². The average molecular weight is 206 g/mol. The standard InChI is InChI=1S/C9H16ClNO2/c1-2-8(12)11-9(7-10)3-5-13-6-4-9/h2-7H2,1H3,(H,11,12). The molecule has 1 saturated heterocycles. The smallest absolute Gasteiger partial charge is 0.220 e. The van der Waals surface area contributed by atoms with E-state index in [-0.39, 0.29) is 11.4 Å². The van der Waals surface area contributed by atoms with Crippen molar-refractivity contribution in [3.05, 3.63) is 0 Å². The lowest BCUT2D eigenvalue weighted by molar-refractivity contribution is -0.123. The molecule has 0 aliphatic carbocycles. The van der Waals surface area contributed by atoms with Gasteiger partial charge in [-0.25, -0.2) is 0 Å². The SMILES string of the molecule is CCC(=O)NC1(CCl)CCOCC1. The fraction of sp³-hybridized carbons (Fsp3) is 0.889. The largest absolute Gasteiger partial charge is 0.381 e. The van der Waals surface area contributed by atoms with Crippen molar-refractivity contribution in [3.63, 3.8) is 0 Å². The number of halogens is 1. The van der Waals surface area contributed by atoms with Crippen molar-refractivity contribution in [2.45, 2.75) is 31.7 Å². The molecule has 1 aliphatic rings. The first-order valence-electron chi connectivity index (χ1n) is 4.67. The first-order chi connectivity index (χ1) is 6.22. The highest BCUT2D eigenvalue weighted by Crippen LogP contribution is 2.22. The number of carbonyl (C=O) groups is 1. The Bertz CT molecular complexity index is 178. The number of nitrogens with one attached hydrogen (secondary N) is 1. The molecule has 0 bridgehead atoms. The lowest BCUT2D eigenvalue weighted by atomic mass is 9.92. The van der Waals surface area contributed by atoms with Gasteiger partial charge in [0.1, 0.15) is 0 Å². The van der Waals surface area contributed by atoms with Gasteiger partial charge in [-0.2, -0.15) is 0 Å². The minimum absolute atomic E-state index is 0.0718. The van der Waals surface area contributed by atoms with Gasteiger partial charge in [-0.1, -0.05) is 6.92 Å². The van der Waals surface area contributed by atoms with Crippen LogP contribution in [0.1, 0.15) is 26.2 Å². The van der Waals surface area contributed by atoms with Crippen LogP contribution in [-0.2, 0) is 9.53 Å². The molecule has 4 heteroatoms. The van der Waals surface area contributed by atoms with E-state index in [4.69, 9.17) is 16.3 Å². The van der Waals surface area contributed by atoms with E-state index in [1.807, 2.05) is 6.92 Å². The highest BCUT2D eigenvalue weighted by atomic mass is 35.5. The zero-order valence-electron chi connectivity index (χ0n) is 7.94. The second kappa shape index (κ2) is 4.82. The van der Waals surface area contributed by atoms with Crippen molar-refractivity contribution in [2.75, 3.05) is 19.1 Å².